The van der Waals surface area contributed by atoms with Crippen LogP contribution in [-0.2, 0) is 6.54 Å². The summed E-state index contributed by atoms with van der Waals surface area (Å²) >= 11 is 0. The largest absolute Gasteiger partial charge is 0.310 e. The zero-order valence-electron chi connectivity index (χ0n) is 13.3. The van der Waals surface area contributed by atoms with Gasteiger partial charge in [0, 0.05) is 25.2 Å². The van der Waals surface area contributed by atoms with Crippen LogP contribution in [-0.4, -0.2) is 55.1 Å². The highest BCUT2D eigenvalue weighted by atomic mass is 15.2. The zero-order chi connectivity index (χ0) is 14.5. The molecule has 0 saturated carbocycles. The molecule has 3 rings (SSSR count). The summed E-state index contributed by atoms with van der Waals surface area (Å²) in [5.74, 6) is 0. The van der Waals surface area contributed by atoms with Crippen LogP contribution in [0.1, 0.15) is 31.2 Å². The summed E-state index contributed by atoms with van der Waals surface area (Å²) in [6.07, 6.45) is 5.30. The number of nitrogens with zero attached hydrogens (tertiary/aromatic N) is 2. The summed E-state index contributed by atoms with van der Waals surface area (Å²) < 4.78 is 0. The molecule has 2 aliphatic rings. The van der Waals surface area contributed by atoms with E-state index in [1.54, 1.807) is 0 Å². The second-order valence-corrected chi connectivity index (χ2v) is 6.80. The molecule has 1 N–H and O–H groups in total. The molecule has 1 atom stereocenters. The van der Waals surface area contributed by atoms with E-state index in [9.17, 15) is 0 Å². The fourth-order valence-electron chi connectivity index (χ4n) is 3.69. The van der Waals surface area contributed by atoms with Crippen LogP contribution in [0.15, 0.2) is 30.3 Å². The maximum Gasteiger partial charge on any atom is 0.0234 e. The molecule has 2 aliphatic heterocycles. The predicted octanol–water partition coefficient (Wildman–Crippen LogP) is 2.33. The molecule has 2 heterocycles. The molecule has 1 aromatic rings. The molecule has 0 aliphatic carbocycles. The molecule has 2 fully saturated rings. The van der Waals surface area contributed by atoms with E-state index in [0.717, 1.165) is 12.6 Å². The van der Waals surface area contributed by atoms with E-state index >= 15 is 0 Å². The van der Waals surface area contributed by atoms with Gasteiger partial charge in [-0.05, 0) is 57.9 Å². The molecule has 1 aromatic carbocycles. The molecule has 0 amide bonds. The Bertz CT molecular complexity index is 412. The molecule has 0 bridgehead atoms. The summed E-state index contributed by atoms with van der Waals surface area (Å²) in [5.41, 5.74) is 1.44. The highest BCUT2D eigenvalue weighted by molar-refractivity contribution is 5.14. The van der Waals surface area contributed by atoms with Crippen LogP contribution in [0.25, 0.3) is 0 Å². The third-order valence-corrected chi connectivity index (χ3v) is 4.94. The van der Waals surface area contributed by atoms with Crippen molar-refractivity contribution < 1.29 is 0 Å². The van der Waals surface area contributed by atoms with E-state index in [1.807, 2.05) is 0 Å². The van der Waals surface area contributed by atoms with Gasteiger partial charge in [-0.25, -0.2) is 0 Å². The van der Waals surface area contributed by atoms with Crippen molar-refractivity contribution >= 4 is 0 Å². The molecular weight excluding hydrogens is 258 g/mol. The van der Waals surface area contributed by atoms with Gasteiger partial charge in [0.05, 0.1) is 0 Å². The van der Waals surface area contributed by atoms with Crippen molar-refractivity contribution in [1.29, 1.82) is 0 Å². The van der Waals surface area contributed by atoms with Gasteiger partial charge in [-0.2, -0.15) is 0 Å². The van der Waals surface area contributed by atoms with Crippen LogP contribution in [0.4, 0.5) is 0 Å². The molecule has 0 radical (unpaired) electrons. The van der Waals surface area contributed by atoms with Crippen molar-refractivity contribution in [2.45, 2.75) is 44.3 Å². The van der Waals surface area contributed by atoms with Crippen molar-refractivity contribution in [2.75, 3.05) is 33.2 Å². The predicted molar refractivity (Wildman–Crippen MR) is 88.4 cm³/mol. The number of hydrogen-bond donors (Lipinski definition) is 1. The standard InChI is InChI=1S/C18H29N3/c1-20-12-9-17(10-13-20)19-18-8-5-11-21(15-18)14-16-6-3-2-4-7-16/h2-4,6-7,17-19H,5,8-15H2,1H3. The zero-order valence-corrected chi connectivity index (χ0v) is 13.3. The molecule has 21 heavy (non-hydrogen) atoms. The van der Waals surface area contributed by atoms with Gasteiger partial charge >= 0.3 is 0 Å². The van der Waals surface area contributed by atoms with Gasteiger partial charge < -0.3 is 10.2 Å². The van der Waals surface area contributed by atoms with Gasteiger partial charge in [-0.3, -0.25) is 4.90 Å². The van der Waals surface area contributed by atoms with E-state index in [4.69, 9.17) is 0 Å². The van der Waals surface area contributed by atoms with E-state index in [2.05, 4.69) is 52.5 Å². The Labute approximate surface area is 129 Å². The fraction of sp³-hybridized carbons (Fsp3) is 0.667. The van der Waals surface area contributed by atoms with Gasteiger partial charge in [-0.1, -0.05) is 30.3 Å². The van der Waals surface area contributed by atoms with Crippen LogP contribution in [0.3, 0.4) is 0 Å². The van der Waals surface area contributed by atoms with Crippen LogP contribution in [0.5, 0.6) is 0 Å². The Morgan fingerprint density at radius 1 is 1.00 bits per heavy atom. The lowest BCUT2D eigenvalue weighted by Crippen LogP contribution is -2.51. The fourth-order valence-corrected chi connectivity index (χ4v) is 3.69. The van der Waals surface area contributed by atoms with Crippen LogP contribution < -0.4 is 5.32 Å². The van der Waals surface area contributed by atoms with E-state index in [1.165, 1.54) is 57.4 Å². The van der Waals surface area contributed by atoms with Crippen molar-refractivity contribution in [3.05, 3.63) is 35.9 Å². The summed E-state index contributed by atoms with van der Waals surface area (Å²) in [6, 6.07) is 12.3. The summed E-state index contributed by atoms with van der Waals surface area (Å²) in [7, 11) is 2.23. The first-order chi connectivity index (χ1) is 10.3. The minimum Gasteiger partial charge on any atom is -0.310 e. The number of rotatable bonds is 4. The molecule has 0 spiro atoms. The van der Waals surface area contributed by atoms with Gasteiger partial charge in [0.2, 0.25) is 0 Å². The smallest absolute Gasteiger partial charge is 0.0234 e. The Morgan fingerprint density at radius 2 is 1.76 bits per heavy atom. The molecular formula is C18H29N3. The normalized spacial score (nSPS) is 26.0. The van der Waals surface area contributed by atoms with Gasteiger partial charge in [0.15, 0.2) is 0 Å². The van der Waals surface area contributed by atoms with Crippen molar-refractivity contribution in [1.82, 2.24) is 15.1 Å². The lowest BCUT2D eigenvalue weighted by Gasteiger charge is -2.37. The highest BCUT2D eigenvalue weighted by Crippen LogP contribution is 2.16. The lowest BCUT2D eigenvalue weighted by atomic mass is 10.00. The summed E-state index contributed by atoms with van der Waals surface area (Å²) in [5, 5.41) is 3.93. The molecule has 116 valence electrons. The number of piperidine rings is 2. The third kappa shape index (κ3) is 4.53. The lowest BCUT2D eigenvalue weighted by molar-refractivity contribution is 0.157. The Morgan fingerprint density at radius 3 is 2.52 bits per heavy atom. The molecule has 2 saturated heterocycles. The van der Waals surface area contributed by atoms with Gasteiger partial charge in [0.25, 0.3) is 0 Å². The quantitative estimate of drug-likeness (QED) is 0.917. The van der Waals surface area contributed by atoms with Gasteiger partial charge in [0.1, 0.15) is 0 Å². The van der Waals surface area contributed by atoms with Crippen molar-refractivity contribution in [3.8, 4) is 0 Å². The number of hydrogen-bond acceptors (Lipinski definition) is 3. The number of benzene rings is 1. The number of nitrogens with one attached hydrogen (secondary N) is 1. The third-order valence-electron chi connectivity index (χ3n) is 4.94. The van der Waals surface area contributed by atoms with E-state index in [-0.39, 0.29) is 0 Å². The van der Waals surface area contributed by atoms with Crippen molar-refractivity contribution in [3.63, 3.8) is 0 Å². The van der Waals surface area contributed by atoms with Crippen molar-refractivity contribution in [2.24, 2.45) is 0 Å². The summed E-state index contributed by atoms with van der Waals surface area (Å²) in [6.45, 7) is 6.06. The monoisotopic (exact) mass is 287 g/mol. The topological polar surface area (TPSA) is 18.5 Å². The Kier molecular flexibility index (Phi) is 5.28. The molecule has 3 heteroatoms. The first-order valence-electron chi connectivity index (χ1n) is 8.50. The minimum absolute atomic E-state index is 0.691. The minimum atomic E-state index is 0.691. The SMILES string of the molecule is CN1CCC(NC2CCCN(Cc3ccccc3)C2)CC1. The Balaban J connectivity index is 1.47. The van der Waals surface area contributed by atoms with Crippen LogP contribution >= 0.6 is 0 Å². The Hall–Kier alpha value is -0.900. The van der Waals surface area contributed by atoms with Crippen LogP contribution in [0.2, 0.25) is 0 Å². The second kappa shape index (κ2) is 7.39. The molecule has 0 aromatic heterocycles. The number of likely N-dealkylation sites (tertiary alicyclic amines) is 2. The second-order valence-electron chi connectivity index (χ2n) is 6.80. The first-order valence-corrected chi connectivity index (χ1v) is 8.50. The average Bonchev–Trinajstić information content (AvgIpc) is 2.51. The van der Waals surface area contributed by atoms with Gasteiger partial charge in [-0.15, -0.1) is 0 Å². The highest BCUT2D eigenvalue weighted by Gasteiger charge is 2.24. The summed E-state index contributed by atoms with van der Waals surface area (Å²) in [4.78, 5) is 5.06. The van der Waals surface area contributed by atoms with E-state index in [0.29, 0.717) is 6.04 Å². The van der Waals surface area contributed by atoms with Crippen LogP contribution in [0, 0.1) is 0 Å². The maximum atomic E-state index is 3.93. The first kappa shape index (κ1) is 15.0. The average molecular weight is 287 g/mol. The maximum absolute atomic E-state index is 3.93. The molecule has 1 unspecified atom stereocenters. The van der Waals surface area contributed by atoms with E-state index < -0.39 is 0 Å². The molecule has 3 nitrogen and oxygen atoms in total.